The summed E-state index contributed by atoms with van der Waals surface area (Å²) in [7, 11) is 0. The van der Waals surface area contributed by atoms with Gasteiger partial charge in [0.05, 0.1) is 10.8 Å². The van der Waals surface area contributed by atoms with Gasteiger partial charge in [0.25, 0.3) is 0 Å². The van der Waals surface area contributed by atoms with Crippen LogP contribution in [0.4, 0.5) is 0 Å². The highest BCUT2D eigenvalue weighted by atomic mass is 16.3. The number of para-hydroxylation sites is 1. The van der Waals surface area contributed by atoms with E-state index in [1.807, 2.05) is 84.9 Å². The van der Waals surface area contributed by atoms with E-state index in [-0.39, 0.29) is 5.43 Å². The summed E-state index contributed by atoms with van der Waals surface area (Å²) in [4.78, 5) is 36.2. The van der Waals surface area contributed by atoms with E-state index in [1.54, 1.807) is 30.9 Å². The van der Waals surface area contributed by atoms with Crippen LogP contribution in [0.1, 0.15) is 0 Å². The van der Waals surface area contributed by atoms with Crippen molar-refractivity contribution >= 4 is 21.9 Å². The molecular formula is C38H23N5O2. The van der Waals surface area contributed by atoms with Crippen LogP contribution in [0.2, 0.25) is 0 Å². The second kappa shape index (κ2) is 11.1. The summed E-state index contributed by atoms with van der Waals surface area (Å²) in [6.07, 6.45) is 6.93. The molecule has 7 heteroatoms. The van der Waals surface area contributed by atoms with Gasteiger partial charge >= 0.3 is 0 Å². The topological polar surface area (TPSA) is 94.7 Å². The van der Waals surface area contributed by atoms with Crippen molar-refractivity contribution in [2.45, 2.75) is 0 Å². The molecule has 0 atom stereocenters. The molecule has 0 amide bonds. The Bertz CT molecular complexity index is 2350. The van der Waals surface area contributed by atoms with E-state index in [9.17, 15) is 4.79 Å². The van der Waals surface area contributed by atoms with Crippen molar-refractivity contribution in [3.8, 4) is 56.4 Å². The van der Waals surface area contributed by atoms with Crippen molar-refractivity contribution in [2.75, 3.05) is 0 Å². The maximum absolute atomic E-state index is 13.3. The van der Waals surface area contributed by atoms with E-state index in [0.717, 1.165) is 38.9 Å². The molecule has 0 spiro atoms. The van der Waals surface area contributed by atoms with Gasteiger partial charge in [-0.3, -0.25) is 14.8 Å². The fourth-order valence-electron chi connectivity index (χ4n) is 5.45. The van der Waals surface area contributed by atoms with E-state index >= 15 is 0 Å². The summed E-state index contributed by atoms with van der Waals surface area (Å²) >= 11 is 0. The van der Waals surface area contributed by atoms with Crippen LogP contribution < -0.4 is 5.43 Å². The first-order chi connectivity index (χ1) is 22.2. The summed E-state index contributed by atoms with van der Waals surface area (Å²) in [6.45, 7) is 0. The number of fused-ring (bicyclic) bond motifs is 2. The first-order valence-corrected chi connectivity index (χ1v) is 14.4. The Morgan fingerprint density at radius 3 is 1.56 bits per heavy atom. The van der Waals surface area contributed by atoms with Crippen LogP contribution in [0.15, 0.2) is 149 Å². The molecule has 0 aliphatic carbocycles. The molecule has 0 aliphatic heterocycles. The predicted octanol–water partition coefficient (Wildman–Crippen LogP) is 8.26. The minimum Gasteiger partial charge on any atom is -0.456 e. The fraction of sp³-hybridized carbons (Fsp3) is 0. The third-order valence-electron chi connectivity index (χ3n) is 7.70. The highest BCUT2D eigenvalue weighted by Gasteiger charge is 2.14. The molecule has 8 aromatic rings. The molecule has 0 saturated carbocycles. The Labute approximate surface area is 257 Å². The average molecular weight is 582 g/mol. The highest BCUT2D eigenvalue weighted by Crippen LogP contribution is 2.31. The van der Waals surface area contributed by atoms with Gasteiger partial charge in [-0.1, -0.05) is 54.6 Å². The van der Waals surface area contributed by atoms with Crippen molar-refractivity contribution in [2.24, 2.45) is 0 Å². The standard InChI is InChI=1S/C38H23N5O2/c44-35-31-13-1-2-14-33(31)45-34-16-15-27(21-32(34)35)25-8-3-7-24(19-25)26-9-4-10-28(20-26)36-41-37(29-11-5-17-39-22-29)43-38(42-36)30-12-6-18-40-23-30/h1-23H. The molecule has 7 nitrogen and oxygen atoms in total. The Balaban J connectivity index is 1.20. The minimum atomic E-state index is -0.0359. The zero-order valence-corrected chi connectivity index (χ0v) is 23.8. The van der Waals surface area contributed by atoms with Gasteiger partial charge in [-0.15, -0.1) is 0 Å². The van der Waals surface area contributed by atoms with Gasteiger partial charge in [0.1, 0.15) is 11.2 Å². The lowest BCUT2D eigenvalue weighted by Gasteiger charge is -2.10. The SMILES string of the molecule is O=c1c2ccccc2oc2ccc(-c3cccc(-c4cccc(-c5nc(-c6cccnc6)nc(-c6cccnc6)n5)c4)c3)cc12. The summed E-state index contributed by atoms with van der Waals surface area (Å²) in [5, 5.41) is 1.13. The molecule has 0 N–H and O–H groups in total. The second-order valence-corrected chi connectivity index (χ2v) is 10.6. The first kappa shape index (κ1) is 26.3. The highest BCUT2D eigenvalue weighted by molar-refractivity contribution is 5.92. The van der Waals surface area contributed by atoms with E-state index in [0.29, 0.717) is 39.4 Å². The lowest BCUT2D eigenvalue weighted by molar-refractivity contribution is 0.660. The van der Waals surface area contributed by atoms with Crippen LogP contribution in [-0.4, -0.2) is 24.9 Å². The number of hydrogen-bond acceptors (Lipinski definition) is 7. The fourth-order valence-corrected chi connectivity index (χ4v) is 5.45. The van der Waals surface area contributed by atoms with E-state index in [4.69, 9.17) is 19.4 Å². The van der Waals surface area contributed by atoms with Crippen molar-refractivity contribution in [3.63, 3.8) is 0 Å². The Morgan fingerprint density at radius 2 is 0.933 bits per heavy atom. The molecule has 0 fully saturated rings. The molecule has 45 heavy (non-hydrogen) atoms. The summed E-state index contributed by atoms with van der Waals surface area (Å²) < 4.78 is 6.02. The Kier molecular flexibility index (Phi) is 6.46. The van der Waals surface area contributed by atoms with Crippen LogP contribution in [0, 0.1) is 0 Å². The maximum Gasteiger partial charge on any atom is 0.200 e. The van der Waals surface area contributed by atoms with Crippen molar-refractivity contribution in [3.05, 3.63) is 150 Å². The molecule has 4 aromatic heterocycles. The lowest BCUT2D eigenvalue weighted by atomic mass is 9.97. The predicted molar refractivity (Wildman–Crippen MR) is 176 cm³/mol. The average Bonchev–Trinajstić information content (AvgIpc) is 3.12. The zero-order valence-electron chi connectivity index (χ0n) is 23.8. The number of nitrogens with zero attached hydrogens (tertiary/aromatic N) is 5. The van der Waals surface area contributed by atoms with Gasteiger partial charge in [0.2, 0.25) is 5.43 Å². The second-order valence-electron chi connectivity index (χ2n) is 10.6. The molecule has 0 bridgehead atoms. The zero-order chi connectivity index (χ0) is 30.2. The normalized spacial score (nSPS) is 11.2. The number of hydrogen-bond donors (Lipinski definition) is 0. The van der Waals surface area contributed by atoms with E-state index in [2.05, 4.69) is 34.2 Å². The van der Waals surface area contributed by atoms with Crippen LogP contribution >= 0.6 is 0 Å². The van der Waals surface area contributed by atoms with Gasteiger partial charge in [-0.05, 0) is 82.9 Å². The smallest absolute Gasteiger partial charge is 0.200 e. The Hall–Kier alpha value is -6.34. The lowest BCUT2D eigenvalue weighted by Crippen LogP contribution is -2.01. The largest absolute Gasteiger partial charge is 0.456 e. The van der Waals surface area contributed by atoms with Crippen LogP contribution in [0.5, 0.6) is 0 Å². The van der Waals surface area contributed by atoms with E-state index in [1.165, 1.54) is 0 Å². The molecule has 0 aliphatic rings. The maximum atomic E-state index is 13.3. The molecule has 0 unspecified atom stereocenters. The monoisotopic (exact) mass is 581 g/mol. The van der Waals surface area contributed by atoms with Gasteiger partial charge in [-0.2, -0.15) is 0 Å². The van der Waals surface area contributed by atoms with Gasteiger partial charge in [0.15, 0.2) is 17.5 Å². The molecule has 4 aromatic carbocycles. The third kappa shape index (κ3) is 5.02. The molecular weight excluding hydrogens is 558 g/mol. The van der Waals surface area contributed by atoms with E-state index < -0.39 is 0 Å². The summed E-state index contributed by atoms with van der Waals surface area (Å²) in [5.74, 6) is 1.62. The summed E-state index contributed by atoms with van der Waals surface area (Å²) in [5.41, 5.74) is 7.52. The third-order valence-corrected chi connectivity index (χ3v) is 7.70. The number of pyridine rings is 2. The number of aromatic nitrogens is 5. The molecule has 0 radical (unpaired) electrons. The van der Waals surface area contributed by atoms with Gasteiger partial charge < -0.3 is 4.42 Å². The van der Waals surface area contributed by atoms with Crippen molar-refractivity contribution < 1.29 is 4.42 Å². The quantitative estimate of drug-likeness (QED) is 0.189. The van der Waals surface area contributed by atoms with Crippen molar-refractivity contribution in [1.29, 1.82) is 0 Å². The van der Waals surface area contributed by atoms with Crippen LogP contribution in [-0.2, 0) is 0 Å². The number of rotatable bonds is 5. The molecule has 212 valence electrons. The first-order valence-electron chi connectivity index (χ1n) is 14.4. The minimum absolute atomic E-state index is 0.0359. The molecule has 4 heterocycles. The summed E-state index contributed by atoms with van der Waals surface area (Å²) in [6, 6.07) is 37.1. The number of benzene rings is 4. The van der Waals surface area contributed by atoms with Crippen LogP contribution in [0.3, 0.4) is 0 Å². The Morgan fingerprint density at radius 1 is 0.422 bits per heavy atom. The van der Waals surface area contributed by atoms with Crippen molar-refractivity contribution in [1.82, 2.24) is 24.9 Å². The van der Waals surface area contributed by atoms with Crippen LogP contribution in [0.25, 0.3) is 78.4 Å². The van der Waals surface area contributed by atoms with Gasteiger partial charge in [0, 0.05) is 41.5 Å². The van der Waals surface area contributed by atoms with Gasteiger partial charge in [-0.25, -0.2) is 15.0 Å². The molecule has 0 saturated heterocycles. The molecule has 8 rings (SSSR count).